The quantitative estimate of drug-likeness (QED) is 0.263. The van der Waals surface area contributed by atoms with Gasteiger partial charge in [-0.3, -0.25) is 14.6 Å². The number of carbonyl (C=O) groups is 2. The third-order valence-electron chi connectivity index (χ3n) is 1.80. The van der Waals surface area contributed by atoms with Crippen LogP contribution in [0.15, 0.2) is 29.6 Å². The van der Waals surface area contributed by atoms with Crippen LogP contribution < -0.4 is 0 Å². The maximum absolute atomic E-state index is 11.6. The Morgan fingerprint density at radius 3 is 2.67 bits per heavy atom. The zero-order chi connectivity index (χ0) is 11.3. The second-order valence-electron chi connectivity index (χ2n) is 2.77. The Morgan fingerprint density at radius 1 is 1.47 bits per heavy atom. The molecule has 0 spiro atoms. The third-order valence-corrected chi connectivity index (χ3v) is 1.80. The Hall–Kier alpha value is -2.04. The third kappa shape index (κ3) is 2.46. The molecule has 0 bridgehead atoms. The van der Waals surface area contributed by atoms with Crippen molar-refractivity contribution in [3.8, 4) is 0 Å². The van der Waals surface area contributed by atoms with E-state index in [9.17, 15) is 9.59 Å². The minimum absolute atomic E-state index is 0.0899. The molecule has 5 nitrogen and oxygen atoms in total. The van der Waals surface area contributed by atoms with Crippen molar-refractivity contribution in [1.82, 2.24) is 4.98 Å². The highest BCUT2D eigenvalue weighted by Crippen LogP contribution is 2.00. The molecule has 0 amide bonds. The van der Waals surface area contributed by atoms with Crippen LogP contribution in [0.1, 0.15) is 23.8 Å². The van der Waals surface area contributed by atoms with Crippen LogP contribution in [0, 0.1) is 0 Å². The number of carbonyl (C=O) groups excluding carboxylic acids is 2. The van der Waals surface area contributed by atoms with Gasteiger partial charge < -0.3 is 5.21 Å². The van der Waals surface area contributed by atoms with Gasteiger partial charge in [0.15, 0.2) is 11.5 Å². The predicted molar refractivity (Wildman–Crippen MR) is 53.1 cm³/mol. The molecule has 1 aromatic heterocycles. The molecule has 0 aliphatic heterocycles. The highest BCUT2D eigenvalue weighted by atomic mass is 16.4. The first kappa shape index (κ1) is 11.0. The first-order valence-corrected chi connectivity index (χ1v) is 4.41. The van der Waals surface area contributed by atoms with Crippen LogP contribution in [0.2, 0.25) is 0 Å². The van der Waals surface area contributed by atoms with E-state index in [1.54, 1.807) is 19.1 Å². The van der Waals surface area contributed by atoms with Gasteiger partial charge in [-0.1, -0.05) is 18.1 Å². The van der Waals surface area contributed by atoms with Crippen LogP contribution in [0.4, 0.5) is 0 Å². The number of ketones is 2. The monoisotopic (exact) mass is 206 g/mol. The lowest BCUT2D eigenvalue weighted by Gasteiger charge is -1.99. The van der Waals surface area contributed by atoms with Crippen molar-refractivity contribution in [3.05, 3.63) is 30.1 Å². The van der Waals surface area contributed by atoms with E-state index in [1.807, 2.05) is 0 Å². The van der Waals surface area contributed by atoms with E-state index in [1.165, 1.54) is 12.3 Å². The number of Topliss-reactive ketones (excluding diaryl/α,β-unsaturated/α-hetero) is 2. The molecule has 0 aliphatic carbocycles. The summed E-state index contributed by atoms with van der Waals surface area (Å²) in [6.07, 6.45) is 1.54. The molecule has 78 valence electrons. The minimum Gasteiger partial charge on any atom is -0.410 e. The molecule has 1 aromatic rings. The van der Waals surface area contributed by atoms with Crippen molar-refractivity contribution in [2.24, 2.45) is 5.16 Å². The number of oxime groups is 1. The van der Waals surface area contributed by atoms with Crippen molar-refractivity contribution < 1.29 is 14.8 Å². The molecule has 0 saturated heterocycles. The lowest BCUT2D eigenvalue weighted by Crippen LogP contribution is -2.24. The molecule has 0 aliphatic rings. The molecule has 0 unspecified atom stereocenters. The van der Waals surface area contributed by atoms with Gasteiger partial charge in [-0.2, -0.15) is 0 Å². The Morgan fingerprint density at radius 2 is 2.20 bits per heavy atom. The summed E-state index contributed by atoms with van der Waals surface area (Å²) in [4.78, 5) is 26.6. The molecule has 0 atom stereocenters. The Labute approximate surface area is 86.4 Å². The van der Waals surface area contributed by atoms with E-state index in [4.69, 9.17) is 5.21 Å². The summed E-state index contributed by atoms with van der Waals surface area (Å²) in [5, 5.41) is 11.3. The van der Waals surface area contributed by atoms with Crippen LogP contribution >= 0.6 is 0 Å². The number of aromatic nitrogens is 1. The van der Waals surface area contributed by atoms with Crippen LogP contribution in [-0.2, 0) is 4.79 Å². The maximum atomic E-state index is 11.6. The van der Waals surface area contributed by atoms with E-state index < -0.39 is 17.3 Å². The highest BCUT2D eigenvalue weighted by Gasteiger charge is 2.21. The van der Waals surface area contributed by atoms with Crippen LogP contribution in [-0.4, -0.2) is 27.5 Å². The fraction of sp³-hybridized carbons (Fsp3) is 0.200. The van der Waals surface area contributed by atoms with Crippen LogP contribution in [0.3, 0.4) is 0 Å². The van der Waals surface area contributed by atoms with Gasteiger partial charge in [0.25, 0.3) is 0 Å². The van der Waals surface area contributed by atoms with Crippen LogP contribution in [0.25, 0.3) is 0 Å². The molecule has 0 aromatic carbocycles. The van der Waals surface area contributed by atoms with Crippen molar-refractivity contribution in [2.45, 2.75) is 13.3 Å². The summed E-state index contributed by atoms with van der Waals surface area (Å²) in [6, 6.07) is 4.72. The molecule has 0 fully saturated rings. The number of hydrogen-bond donors (Lipinski definition) is 1. The van der Waals surface area contributed by atoms with Crippen molar-refractivity contribution >= 4 is 17.3 Å². The molecular weight excluding hydrogens is 196 g/mol. The van der Waals surface area contributed by atoms with Gasteiger partial charge in [-0.05, 0) is 12.1 Å². The number of pyridine rings is 1. The van der Waals surface area contributed by atoms with Gasteiger partial charge >= 0.3 is 0 Å². The number of hydrogen-bond acceptors (Lipinski definition) is 5. The lowest BCUT2D eigenvalue weighted by molar-refractivity contribution is -0.112. The van der Waals surface area contributed by atoms with Gasteiger partial charge in [0, 0.05) is 12.6 Å². The summed E-state index contributed by atoms with van der Waals surface area (Å²) in [5.41, 5.74) is -0.386. The molecule has 0 radical (unpaired) electrons. The van der Waals surface area contributed by atoms with E-state index in [0.29, 0.717) is 0 Å². The van der Waals surface area contributed by atoms with Gasteiger partial charge in [0.2, 0.25) is 5.78 Å². The normalized spacial score (nSPS) is 11.1. The number of rotatable bonds is 4. The van der Waals surface area contributed by atoms with E-state index >= 15 is 0 Å². The van der Waals surface area contributed by atoms with E-state index in [-0.39, 0.29) is 12.1 Å². The Bertz CT molecular complexity index is 398. The van der Waals surface area contributed by atoms with Crippen molar-refractivity contribution in [1.29, 1.82) is 0 Å². The summed E-state index contributed by atoms with van der Waals surface area (Å²) in [7, 11) is 0. The minimum atomic E-state index is -0.662. The second-order valence-corrected chi connectivity index (χ2v) is 2.77. The molecule has 1 heterocycles. The topological polar surface area (TPSA) is 79.6 Å². The van der Waals surface area contributed by atoms with Gasteiger partial charge in [0.1, 0.15) is 5.69 Å². The standard InChI is InChI=1S/C10H10N2O3/c1-2-8(13)9(12-15)10(14)7-5-3-4-6-11-7/h3-6,15H,2H2,1H3/b12-9+. The summed E-state index contributed by atoms with van der Waals surface area (Å²) in [6.45, 7) is 1.58. The van der Waals surface area contributed by atoms with Crippen molar-refractivity contribution in [2.75, 3.05) is 0 Å². The fourth-order valence-electron chi connectivity index (χ4n) is 1.01. The molecule has 15 heavy (non-hydrogen) atoms. The van der Waals surface area contributed by atoms with Crippen LogP contribution in [0.5, 0.6) is 0 Å². The average Bonchev–Trinajstić information content (AvgIpc) is 2.30. The number of nitrogens with zero attached hydrogens (tertiary/aromatic N) is 2. The predicted octanol–water partition coefficient (Wildman–Crippen LogP) is 1.07. The molecule has 1 rings (SSSR count). The Balaban J connectivity index is 2.99. The Kier molecular flexibility index (Phi) is 3.68. The smallest absolute Gasteiger partial charge is 0.236 e. The zero-order valence-corrected chi connectivity index (χ0v) is 8.17. The first-order chi connectivity index (χ1) is 7.20. The summed E-state index contributed by atoms with van der Waals surface area (Å²) in [5.74, 6) is -1.17. The second kappa shape index (κ2) is 4.99. The summed E-state index contributed by atoms with van der Waals surface area (Å²) < 4.78 is 0. The van der Waals surface area contributed by atoms with E-state index in [0.717, 1.165) is 0 Å². The highest BCUT2D eigenvalue weighted by molar-refractivity contribution is 6.68. The largest absolute Gasteiger partial charge is 0.410 e. The summed E-state index contributed by atoms with van der Waals surface area (Å²) >= 11 is 0. The fourth-order valence-corrected chi connectivity index (χ4v) is 1.01. The van der Waals surface area contributed by atoms with Gasteiger partial charge in [0.05, 0.1) is 0 Å². The van der Waals surface area contributed by atoms with E-state index in [2.05, 4.69) is 10.1 Å². The maximum Gasteiger partial charge on any atom is 0.236 e. The molecule has 1 N–H and O–H groups in total. The molecule has 5 heteroatoms. The molecular formula is C10H10N2O3. The SMILES string of the molecule is CCC(=O)/C(=N\O)C(=O)c1ccccn1. The van der Waals surface area contributed by atoms with Gasteiger partial charge in [-0.25, -0.2) is 0 Å². The zero-order valence-electron chi connectivity index (χ0n) is 8.17. The average molecular weight is 206 g/mol. The first-order valence-electron chi connectivity index (χ1n) is 4.41. The lowest BCUT2D eigenvalue weighted by atomic mass is 10.1. The van der Waals surface area contributed by atoms with Crippen molar-refractivity contribution in [3.63, 3.8) is 0 Å². The molecule has 0 saturated carbocycles. The van der Waals surface area contributed by atoms with Gasteiger partial charge in [-0.15, -0.1) is 0 Å².